The van der Waals surface area contributed by atoms with Crippen LogP contribution in [0, 0.1) is 13.8 Å². The normalized spacial score (nSPS) is 12.3. The van der Waals surface area contributed by atoms with Crippen LogP contribution >= 0.6 is 0 Å². The fourth-order valence-electron chi connectivity index (χ4n) is 2.68. The van der Waals surface area contributed by atoms with Gasteiger partial charge in [-0.2, -0.15) is 10.2 Å². The summed E-state index contributed by atoms with van der Waals surface area (Å²) in [5.41, 5.74) is 4.21. The molecule has 0 heterocycles. The van der Waals surface area contributed by atoms with E-state index < -0.39 is 14.8 Å². The van der Waals surface area contributed by atoms with Gasteiger partial charge < -0.3 is 5.32 Å². The number of azo groups is 1. The Kier molecular flexibility index (Phi) is 8.47. The van der Waals surface area contributed by atoms with Crippen LogP contribution in [0.5, 0.6) is 0 Å². The second-order valence-electron chi connectivity index (χ2n) is 8.50. The Hall–Kier alpha value is -2.58. The van der Waals surface area contributed by atoms with Gasteiger partial charge in [0.1, 0.15) is 0 Å². The summed E-state index contributed by atoms with van der Waals surface area (Å²) in [5, 5.41) is 11.5. The lowest BCUT2D eigenvalue weighted by Crippen LogP contribution is -2.39. The summed E-state index contributed by atoms with van der Waals surface area (Å²) < 4.78 is 25.7. The van der Waals surface area contributed by atoms with Crippen LogP contribution in [0.1, 0.15) is 51.2 Å². The van der Waals surface area contributed by atoms with Crippen LogP contribution < -0.4 is 10.0 Å². The molecule has 0 radical (unpaired) electrons. The molecule has 0 spiro atoms. The van der Waals surface area contributed by atoms with Gasteiger partial charge >= 0.3 is 0 Å². The summed E-state index contributed by atoms with van der Waals surface area (Å²) in [7, 11) is -3.35. The van der Waals surface area contributed by atoms with Crippen molar-refractivity contribution in [1.29, 1.82) is 0 Å². The first-order chi connectivity index (χ1) is 14.5. The molecule has 7 nitrogen and oxygen atoms in total. The first kappa shape index (κ1) is 24.7. The van der Waals surface area contributed by atoms with Crippen LogP contribution in [0.4, 0.5) is 17.1 Å². The van der Waals surface area contributed by atoms with E-state index in [1.54, 1.807) is 20.8 Å². The predicted octanol–water partition coefficient (Wildman–Crippen LogP) is 5.55. The fraction of sp³-hybridized carbons (Fsp3) is 0.435. The van der Waals surface area contributed by atoms with Crippen molar-refractivity contribution in [2.24, 2.45) is 10.2 Å². The van der Waals surface area contributed by atoms with Crippen molar-refractivity contribution in [1.82, 2.24) is 4.72 Å². The second-order valence-corrected chi connectivity index (χ2v) is 11.0. The van der Waals surface area contributed by atoms with E-state index in [1.165, 1.54) is 0 Å². The lowest BCUT2D eigenvalue weighted by molar-refractivity contribution is -0.116. The molecule has 0 atom stereocenters. The minimum atomic E-state index is -3.35. The van der Waals surface area contributed by atoms with Gasteiger partial charge in [-0.1, -0.05) is 18.2 Å². The molecule has 0 saturated carbocycles. The minimum absolute atomic E-state index is 0.101. The molecule has 168 valence electrons. The molecular formula is C23H32N4O3S. The van der Waals surface area contributed by atoms with Gasteiger partial charge in [-0.3, -0.25) is 4.79 Å². The summed E-state index contributed by atoms with van der Waals surface area (Å²) in [6, 6.07) is 13.3. The number of benzene rings is 2. The zero-order valence-corrected chi connectivity index (χ0v) is 19.7. The van der Waals surface area contributed by atoms with Gasteiger partial charge in [-0.25, -0.2) is 13.1 Å². The molecule has 0 aliphatic carbocycles. The van der Waals surface area contributed by atoms with E-state index in [4.69, 9.17) is 0 Å². The van der Waals surface area contributed by atoms with E-state index in [9.17, 15) is 13.2 Å². The molecule has 0 aromatic heterocycles. The highest BCUT2D eigenvalue weighted by atomic mass is 32.2. The van der Waals surface area contributed by atoms with E-state index in [1.807, 2.05) is 56.3 Å². The summed E-state index contributed by atoms with van der Waals surface area (Å²) >= 11 is 0. The fourth-order valence-corrected chi connectivity index (χ4v) is 3.53. The zero-order valence-electron chi connectivity index (χ0n) is 18.9. The Morgan fingerprint density at radius 1 is 0.968 bits per heavy atom. The lowest BCUT2D eigenvalue weighted by Gasteiger charge is -2.19. The van der Waals surface area contributed by atoms with Gasteiger partial charge in [0.15, 0.2) is 0 Å². The summed E-state index contributed by atoms with van der Waals surface area (Å²) in [5.74, 6) is -0.101. The van der Waals surface area contributed by atoms with E-state index in [-0.39, 0.29) is 5.91 Å². The maximum atomic E-state index is 12.2. The van der Waals surface area contributed by atoms with Crippen LogP contribution in [-0.4, -0.2) is 25.6 Å². The highest BCUT2D eigenvalue weighted by molar-refractivity contribution is 7.90. The molecule has 1 amide bonds. The van der Waals surface area contributed by atoms with Crippen molar-refractivity contribution in [3.8, 4) is 0 Å². The van der Waals surface area contributed by atoms with Crippen LogP contribution in [0.15, 0.2) is 52.7 Å². The molecule has 0 aliphatic rings. The van der Waals surface area contributed by atoms with Crippen molar-refractivity contribution < 1.29 is 13.2 Å². The monoisotopic (exact) mass is 444 g/mol. The third kappa shape index (κ3) is 7.56. The van der Waals surface area contributed by atoms with E-state index in [2.05, 4.69) is 20.3 Å². The van der Waals surface area contributed by atoms with Crippen LogP contribution in [-0.2, 0) is 14.8 Å². The van der Waals surface area contributed by atoms with Crippen molar-refractivity contribution in [2.75, 3.05) is 11.9 Å². The first-order valence-electron chi connectivity index (χ1n) is 10.4. The number of hydrogen-bond donors (Lipinski definition) is 2. The molecule has 2 rings (SSSR count). The highest BCUT2D eigenvalue weighted by Gasteiger charge is 2.27. The van der Waals surface area contributed by atoms with E-state index in [0.717, 1.165) is 22.5 Å². The van der Waals surface area contributed by atoms with Gasteiger partial charge in [-0.05, 0) is 82.9 Å². The van der Waals surface area contributed by atoms with Crippen LogP contribution in [0.2, 0.25) is 0 Å². The van der Waals surface area contributed by atoms with E-state index >= 15 is 0 Å². The number of rotatable bonds is 9. The molecule has 0 aliphatic heterocycles. The van der Waals surface area contributed by atoms with Gasteiger partial charge in [0, 0.05) is 18.7 Å². The average molecular weight is 445 g/mol. The SMILES string of the molecule is Cc1ccccc1N=Nc1ccc(NC(=O)CCCCNS(=O)(=O)C(C)(C)C)c(C)c1. The number of anilines is 1. The number of unbranched alkanes of at least 4 members (excludes halogenated alkanes) is 1. The standard InChI is InChI=1S/C23H32N4O3S/c1-17-10-6-7-11-21(17)27-26-19-13-14-20(18(2)16-19)25-22(28)12-8-9-15-24-31(29,30)23(3,4)5/h6-7,10-11,13-14,16,24H,8-9,12,15H2,1-5H3,(H,25,28). The number of sulfonamides is 1. The topological polar surface area (TPSA) is 100.0 Å². The molecule has 8 heteroatoms. The third-order valence-corrected chi connectivity index (χ3v) is 7.00. The number of carbonyl (C=O) groups is 1. The molecule has 0 bridgehead atoms. The molecule has 0 fully saturated rings. The lowest BCUT2D eigenvalue weighted by atomic mass is 10.1. The average Bonchev–Trinajstić information content (AvgIpc) is 2.68. The van der Waals surface area contributed by atoms with Crippen molar-refractivity contribution in [3.63, 3.8) is 0 Å². The Morgan fingerprint density at radius 3 is 2.32 bits per heavy atom. The molecule has 2 aromatic rings. The second kappa shape index (κ2) is 10.6. The highest BCUT2D eigenvalue weighted by Crippen LogP contribution is 2.25. The van der Waals surface area contributed by atoms with Gasteiger partial charge in [-0.15, -0.1) is 0 Å². The Bertz CT molecular complexity index is 1040. The predicted molar refractivity (Wildman–Crippen MR) is 126 cm³/mol. The maximum Gasteiger partial charge on any atom is 0.224 e. The van der Waals surface area contributed by atoms with Gasteiger partial charge in [0.2, 0.25) is 15.9 Å². The molecule has 2 N–H and O–H groups in total. The third-order valence-electron chi connectivity index (χ3n) is 4.80. The number of amides is 1. The van der Waals surface area contributed by atoms with Crippen molar-refractivity contribution >= 4 is 33.0 Å². The zero-order chi connectivity index (χ0) is 23.1. The Labute approximate surface area is 185 Å². The summed E-state index contributed by atoms with van der Waals surface area (Å²) in [6.07, 6.45) is 1.52. The van der Waals surface area contributed by atoms with Gasteiger partial charge in [0.25, 0.3) is 0 Å². The van der Waals surface area contributed by atoms with Crippen LogP contribution in [0.3, 0.4) is 0 Å². The maximum absolute atomic E-state index is 12.2. The molecule has 2 aromatic carbocycles. The first-order valence-corrected chi connectivity index (χ1v) is 11.8. The molecular weight excluding hydrogens is 412 g/mol. The number of aryl methyl sites for hydroxylation is 2. The number of nitrogens with zero attached hydrogens (tertiary/aromatic N) is 2. The van der Waals surface area contributed by atoms with Gasteiger partial charge in [0.05, 0.1) is 16.1 Å². The van der Waals surface area contributed by atoms with Crippen molar-refractivity contribution in [2.45, 2.75) is 58.6 Å². The summed E-state index contributed by atoms with van der Waals surface area (Å²) in [4.78, 5) is 12.2. The number of nitrogens with one attached hydrogen (secondary N) is 2. The van der Waals surface area contributed by atoms with Crippen molar-refractivity contribution in [3.05, 3.63) is 53.6 Å². The number of hydrogen-bond acceptors (Lipinski definition) is 5. The summed E-state index contributed by atoms with van der Waals surface area (Å²) in [6.45, 7) is 9.18. The molecule has 0 unspecified atom stereocenters. The number of carbonyl (C=O) groups excluding carboxylic acids is 1. The smallest absolute Gasteiger partial charge is 0.224 e. The molecule has 31 heavy (non-hydrogen) atoms. The minimum Gasteiger partial charge on any atom is -0.326 e. The van der Waals surface area contributed by atoms with Crippen LogP contribution in [0.25, 0.3) is 0 Å². The Balaban J connectivity index is 1.82. The quantitative estimate of drug-likeness (QED) is 0.392. The largest absolute Gasteiger partial charge is 0.326 e. The molecule has 0 saturated heterocycles. The Morgan fingerprint density at radius 2 is 1.68 bits per heavy atom. The van der Waals surface area contributed by atoms with E-state index in [0.29, 0.717) is 31.5 Å².